The van der Waals surface area contributed by atoms with E-state index >= 15 is 0 Å². The van der Waals surface area contributed by atoms with Gasteiger partial charge in [0.2, 0.25) is 0 Å². The minimum absolute atomic E-state index is 0.00730. The molecule has 0 radical (unpaired) electrons. The van der Waals surface area contributed by atoms with Gasteiger partial charge >= 0.3 is 12.4 Å². The molecule has 1 aliphatic heterocycles. The molecule has 3 heterocycles. The van der Waals surface area contributed by atoms with Crippen molar-refractivity contribution in [2.75, 3.05) is 18.2 Å². The van der Waals surface area contributed by atoms with Crippen molar-refractivity contribution in [3.05, 3.63) is 35.3 Å². The minimum atomic E-state index is -4.90. The van der Waals surface area contributed by atoms with E-state index in [2.05, 4.69) is 15.4 Å². The summed E-state index contributed by atoms with van der Waals surface area (Å²) in [6, 6.07) is 2.90. The number of alkyl halides is 6. The predicted molar refractivity (Wildman–Crippen MR) is 107 cm³/mol. The number of anilines is 1. The van der Waals surface area contributed by atoms with E-state index in [1.165, 1.54) is 30.1 Å². The zero-order chi connectivity index (χ0) is 24.0. The first-order valence-electron chi connectivity index (χ1n) is 10.2. The number of ether oxygens (including phenoxy) is 1. The van der Waals surface area contributed by atoms with Crippen molar-refractivity contribution in [1.82, 2.24) is 14.8 Å². The number of rotatable bonds is 6. The summed E-state index contributed by atoms with van der Waals surface area (Å²) in [7, 11) is 0. The molecule has 1 saturated carbocycles. The molecule has 2 unspecified atom stereocenters. The predicted octanol–water partition coefficient (Wildman–Crippen LogP) is 5.12. The van der Waals surface area contributed by atoms with Crippen molar-refractivity contribution >= 4 is 23.4 Å². The van der Waals surface area contributed by atoms with Crippen LogP contribution >= 0.6 is 11.8 Å². The summed E-state index contributed by atoms with van der Waals surface area (Å²) in [5, 5.41) is 6.96. The Morgan fingerprint density at radius 1 is 1.24 bits per heavy atom. The van der Waals surface area contributed by atoms with Crippen molar-refractivity contribution in [2.45, 2.75) is 55.2 Å². The summed E-state index contributed by atoms with van der Waals surface area (Å²) < 4.78 is 87.7. The van der Waals surface area contributed by atoms with Crippen LogP contribution < -0.4 is 5.32 Å². The largest absolute Gasteiger partial charge is 0.420 e. The van der Waals surface area contributed by atoms with Crippen LogP contribution in [0.5, 0.6) is 0 Å². The van der Waals surface area contributed by atoms with E-state index in [1.807, 2.05) is 0 Å². The lowest BCUT2D eigenvalue weighted by Crippen LogP contribution is -2.36. The quantitative estimate of drug-likeness (QED) is 0.446. The standard InChI is InChI=1S/C20H20F6N4O2S/c1-33-13-8-12(4-6-27-13)28-18(31)16-14(19(21,22)23)15(10-2-3-10)29-30(16)9-11-5-7-32-17(11)20(24,25)26/h4,6,8,10-11,17H,2-3,5,7,9H2,1H3,(H,27,28,31). The molecule has 0 spiro atoms. The Labute approximate surface area is 189 Å². The maximum absolute atomic E-state index is 14.1. The van der Waals surface area contributed by atoms with Gasteiger partial charge < -0.3 is 10.1 Å². The number of nitrogens with zero attached hydrogens (tertiary/aromatic N) is 3. The summed E-state index contributed by atoms with van der Waals surface area (Å²) >= 11 is 1.28. The third kappa shape index (κ3) is 5.13. The molecule has 4 rings (SSSR count). The van der Waals surface area contributed by atoms with E-state index in [9.17, 15) is 31.1 Å². The maximum atomic E-state index is 14.1. The highest BCUT2D eigenvalue weighted by atomic mass is 32.2. The van der Waals surface area contributed by atoms with Crippen LogP contribution in [0.25, 0.3) is 0 Å². The van der Waals surface area contributed by atoms with Gasteiger partial charge in [0.05, 0.1) is 10.7 Å². The van der Waals surface area contributed by atoms with E-state index in [0.29, 0.717) is 17.9 Å². The summed E-state index contributed by atoms with van der Waals surface area (Å²) in [5.74, 6) is -2.73. The van der Waals surface area contributed by atoms with E-state index < -0.39 is 54.0 Å². The van der Waals surface area contributed by atoms with Crippen LogP contribution in [-0.2, 0) is 17.5 Å². The lowest BCUT2D eigenvalue weighted by Gasteiger charge is -2.22. The molecule has 13 heteroatoms. The second-order valence-electron chi connectivity index (χ2n) is 7.99. The molecule has 6 nitrogen and oxygen atoms in total. The van der Waals surface area contributed by atoms with E-state index in [0.717, 1.165) is 4.68 Å². The highest BCUT2D eigenvalue weighted by Gasteiger charge is 2.50. The first kappa shape index (κ1) is 23.9. The fraction of sp³-hybridized carbons (Fsp3) is 0.550. The van der Waals surface area contributed by atoms with Crippen LogP contribution in [-0.4, -0.2) is 45.8 Å². The zero-order valence-corrected chi connectivity index (χ0v) is 18.2. The van der Waals surface area contributed by atoms with Crippen molar-refractivity contribution < 1.29 is 35.9 Å². The average Bonchev–Trinajstić information content (AvgIpc) is 3.32. The molecular weight excluding hydrogens is 474 g/mol. The van der Waals surface area contributed by atoms with Crippen LogP contribution in [0, 0.1) is 5.92 Å². The average molecular weight is 494 g/mol. The van der Waals surface area contributed by atoms with Crippen LogP contribution in [0.1, 0.15) is 46.9 Å². The van der Waals surface area contributed by atoms with E-state index in [4.69, 9.17) is 4.74 Å². The Hall–Kier alpha value is -2.28. The van der Waals surface area contributed by atoms with Gasteiger partial charge in [0.15, 0.2) is 6.10 Å². The van der Waals surface area contributed by atoms with Crippen LogP contribution in [0.15, 0.2) is 23.4 Å². The van der Waals surface area contributed by atoms with Gasteiger partial charge in [-0.2, -0.15) is 31.4 Å². The number of amides is 1. The first-order chi connectivity index (χ1) is 15.5. The maximum Gasteiger partial charge on any atom is 0.420 e. The highest BCUT2D eigenvalue weighted by Crippen LogP contribution is 2.47. The summed E-state index contributed by atoms with van der Waals surface area (Å²) in [4.78, 5) is 17.1. The topological polar surface area (TPSA) is 69.0 Å². The Morgan fingerprint density at radius 3 is 2.58 bits per heavy atom. The molecule has 0 aromatic carbocycles. The Balaban J connectivity index is 1.74. The number of pyridine rings is 1. The lowest BCUT2D eigenvalue weighted by atomic mass is 10.0. The van der Waals surface area contributed by atoms with Crippen molar-refractivity contribution in [2.24, 2.45) is 5.92 Å². The van der Waals surface area contributed by atoms with Gasteiger partial charge in [-0.3, -0.25) is 9.48 Å². The number of carbonyl (C=O) groups excluding carboxylic acids is 1. The molecule has 2 atom stereocenters. The second-order valence-corrected chi connectivity index (χ2v) is 8.81. The molecule has 2 fully saturated rings. The normalized spacial score (nSPS) is 21.4. The molecule has 180 valence electrons. The summed E-state index contributed by atoms with van der Waals surface area (Å²) in [6.07, 6.45) is -7.63. The van der Waals surface area contributed by atoms with E-state index in [-0.39, 0.29) is 24.4 Å². The van der Waals surface area contributed by atoms with Gasteiger partial charge in [0.25, 0.3) is 5.91 Å². The number of hydrogen-bond donors (Lipinski definition) is 1. The molecule has 2 aromatic rings. The van der Waals surface area contributed by atoms with E-state index in [1.54, 1.807) is 6.26 Å². The van der Waals surface area contributed by atoms with Crippen LogP contribution in [0.2, 0.25) is 0 Å². The Morgan fingerprint density at radius 2 is 1.97 bits per heavy atom. The molecule has 33 heavy (non-hydrogen) atoms. The van der Waals surface area contributed by atoms with Crippen molar-refractivity contribution in [3.63, 3.8) is 0 Å². The number of hydrogen-bond acceptors (Lipinski definition) is 5. The van der Waals surface area contributed by atoms with Crippen LogP contribution in [0.4, 0.5) is 32.0 Å². The number of halogens is 6. The number of carbonyl (C=O) groups is 1. The third-order valence-corrected chi connectivity index (χ3v) is 6.23. The molecule has 1 aliphatic carbocycles. The van der Waals surface area contributed by atoms with Crippen molar-refractivity contribution in [3.8, 4) is 0 Å². The summed E-state index contributed by atoms with van der Waals surface area (Å²) in [6.45, 7) is -0.692. The number of aromatic nitrogens is 3. The number of thioether (sulfide) groups is 1. The van der Waals surface area contributed by atoms with Crippen molar-refractivity contribution in [1.29, 1.82) is 0 Å². The van der Waals surface area contributed by atoms with Gasteiger partial charge in [-0.25, -0.2) is 4.98 Å². The fourth-order valence-corrected chi connectivity index (χ4v) is 4.37. The zero-order valence-electron chi connectivity index (χ0n) is 17.3. The minimum Gasteiger partial charge on any atom is -0.368 e. The molecular formula is C20H20F6N4O2S. The monoisotopic (exact) mass is 494 g/mol. The first-order valence-corrected chi connectivity index (χ1v) is 11.4. The van der Waals surface area contributed by atoms with Gasteiger partial charge in [-0.1, -0.05) is 0 Å². The smallest absolute Gasteiger partial charge is 0.368 e. The lowest BCUT2D eigenvalue weighted by molar-refractivity contribution is -0.217. The molecule has 1 amide bonds. The molecule has 0 bridgehead atoms. The fourth-order valence-electron chi connectivity index (χ4n) is 3.96. The summed E-state index contributed by atoms with van der Waals surface area (Å²) in [5.41, 5.74) is -2.07. The molecule has 2 aromatic heterocycles. The number of nitrogens with one attached hydrogen (secondary N) is 1. The van der Waals surface area contributed by atoms with Gasteiger partial charge in [-0.05, 0) is 37.7 Å². The SMILES string of the molecule is CSc1cc(NC(=O)c2c(C(F)(F)F)c(C3CC3)nn2CC2CCOC2C(F)(F)F)ccn1. The van der Waals surface area contributed by atoms with Gasteiger partial charge in [0, 0.05) is 36.9 Å². The second kappa shape index (κ2) is 8.82. The Bertz CT molecular complexity index is 1030. The molecule has 1 saturated heterocycles. The Kier molecular flexibility index (Phi) is 6.38. The molecule has 2 aliphatic rings. The van der Waals surface area contributed by atoms with Crippen LogP contribution in [0.3, 0.4) is 0 Å². The highest BCUT2D eigenvalue weighted by molar-refractivity contribution is 7.98. The van der Waals surface area contributed by atoms with Gasteiger partial charge in [0.1, 0.15) is 11.3 Å². The molecule has 1 N–H and O–H groups in total. The van der Waals surface area contributed by atoms with Gasteiger partial charge in [-0.15, -0.1) is 11.8 Å². The third-order valence-electron chi connectivity index (χ3n) is 5.59.